The van der Waals surface area contributed by atoms with Crippen LogP contribution in [0.25, 0.3) is 22.5 Å². The summed E-state index contributed by atoms with van der Waals surface area (Å²) in [5.74, 6) is 0.915. The predicted molar refractivity (Wildman–Crippen MR) is 201 cm³/mol. The highest BCUT2D eigenvalue weighted by molar-refractivity contribution is 5.79. The van der Waals surface area contributed by atoms with Crippen LogP contribution in [0.5, 0.6) is 23.3 Å². The van der Waals surface area contributed by atoms with E-state index in [4.69, 9.17) is 9.47 Å². The molecule has 12 heteroatoms. The van der Waals surface area contributed by atoms with E-state index in [1.54, 1.807) is 13.8 Å². The first-order valence-corrected chi connectivity index (χ1v) is 17.3. The molecule has 0 aliphatic rings. The maximum atomic E-state index is 11.0. The highest BCUT2D eigenvalue weighted by Crippen LogP contribution is 2.43. The quantitative estimate of drug-likeness (QED) is 0.115. The molecule has 0 fully saturated rings. The van der Waals surface area contributed by atoms with Crippen LogP contribution in [-0.2, 0) is 0 Å². The lowest BCUT2D eigenvalue weighted by atomic mass is 9.95. The first-order valence-electron chi connectivity index (χ1n) is 17.3. The summed E-state index contributed by atoms with van der Waals surface area (Å²) in [5.41, 5.74) is 7.86. The fourth-order valence-electron chi connectivity index (χ4n) is 5.69. The Balaban J connectivity index is 1.36. The summed E-state index contributed by atoms with van der Waals surface area (Å²) in [7, 11) is 0. The van der Waals surface area contributed by atoms with Gasteiger partial charge in [-0.1, -0.05) is 50.2 Å². The molecule has 4 aromatic carbocycles. The van der Waals surface area contributed by atoms with Gasteiger partial charge >= 0.3 is 0 Å². The fourth-order valence-corrected chi connectivity index (χ4v) is 5.69. The van der Waals surface area contributed by atoms with Crippen LogP contribution in [0.4, 0.5) is 22.7 Å². The zero-order valence-electron chi connectivity index (χ0n) is 30.2. The molecule has 0 unspecified atom stereocenters. The molecule has 0 radical (unpaired) electrons. The molecule has 0 saturated carbocycles. The van der Waals surface area contributed by atoms with Crippen molar-refractivity contribution in [2.75, 3.05) is 13.2 Å². The van der Waals surface area contributed by atoms with Gasteiger partial charge in [0, 0.05) is 0 Å². The molecule has 0 amide bonds. The van der Waals surface area contributed by atoms with Crippen LogP contribution in [0.3, 0.4) is 0 Å². The predicted octanol–water partition coefficient (Wildman–Crippen LogP) is 10.8. The van der Waals surface area contributed by atoms with Crippen molar-refractivity contribution in [2.24, 2.45) is 20.5 Å². The molecule has 0 bridgehead atoms. The lowest BCUT2D eigenvalue weighted by Crippen LogP contribution is -1.99. The first kappa shape index (κ1) is 35.5. The molecule has 2 heterocycles. The number of nitrogens with zero attached hydrogens (tertiary/aromatic N) is 8. The maximum absolute atomic E-state index is 11.0. The second kappa shape index (κ2) is 15.7. The van der Waals surface area contributed by atoms with E-state index in [2.05, 4.69) is 30.7 Å². The number of azo groups is 2. The van der Waals surface area contributed by atoms with Crippen LogP contribution in [0.15, 0.2) is 105 Å². The highest BCUT2D eigenvalue weighted by atomic mass is 16.5. The third-order valence-corrected chi connectivity index (χ3v) is 8.35. The Hall–Kier alpha value is -6.30. The van der Waals surface area contributed by atoms with Crippen molar-refractivity contribution in [1.82, 2.24) is 19.6 Å². The summed E-state index contributed by atoms with van der Waals surface area (Å²) in [6, 6.07) is 26.5. The van der Waals surface area contributed by atoms with E-state index in [9.17, 15) is 10.2 Å². The number of aromatic nitrogens is 4. The third kappa shape index (κ3) is 7.41. The van der Waals surface area contributed by atoms with E-state index in [1.807, 2.05) is 113 Å². The average molecular weight is 699 g/mol. The number of benzene rings is 4. The second-order valence-corrected chi connectivity index (χ2v) is 12.4. The molecule has 266 valence electrons. The fraction of sp³-hybridized carbons (Fsp3) is 0.250. The van der Waals surface area contributed by atoms with Gasteiger partial charge in [-0.05, 0) is 111 Å². The normalized spacial score (nSPS) is 11.6. The van der Waals surface area contributed by atoms with E-state index in [0.29, 0.717) is 58.9 Å². The van der Waals surface area contributed by atoms with Gasteiger partial charge in [-0.15, -0.1) is 20.5 Å². The lowest BCUT2D eigenvalue weighted by Gasteiger charge is -2.17. The van der Waals surface area contributed by atoms with Crippen LogP contribution in [0, 0.1) is 27.7 Å². The molecule has 0 aliphatic carbocycles. The van der Waals surface area contributed by atoms with Crippen molar-refractivity contribution in [2.45, 2.75) is 54.4 Å². The molecule has 12 nitrogen and oxygen atoms in total. The molecule has 0 aliphatic heterocycles. The Morgan fingerprint density at radius 2 is 0.942 bits per heavy atom. The summed E-state index contributed by atoms with van der Waals surface area (Å²) < 4.78 is 15.3. The molecule has 6 aromatic rings. The number of ether oxygens (including phenoxy) is 2. The van der Waals surface area contributed by atoms with E-state index in [-0.39, 0.29) is 23.1 Å². The van der Waals surface area contributed by atoms with Crippen molar-refractivity contribution in [3.8, 4) is 45.8 Å². The van der Waals surface area contributed by atoms with E-state index in [1.165, 1.54) is 9.36 Å². The minimum Gasteiger partial charge on any atom is -0.492 e. The zero-order valence-corrected chi connectivity index (χ0v) is 30.2. The van der Waals surface area contributed by atoms with Crippen molar-refractivity contribution >= 4 is 22.7 Å². The summed E-state index contributed by atoms with van der Waals surface area (Å²) in [5, 5.41) is 48.9. The zero-order chi connectivity index (χ0) is 36.8. The van der Waals surface area contributed by atoms with Crippen LogP contribution < -0.4 is 9.47 Å². The van der Waals surface area contributed by atoms with Crippen molar-refractivity contribution in [1.29, 1.82) is 0 Å². The minimum atomic E-state index is -0.0975. The Kier molecular flexibility index (Phi) is 10.7. The molecule has 0 spiro atoms. The van der Waals surface area contributed by atoms with Gasteiger partial charge in [-0.25, -0.2) is 0 Å². The summed E-state index contributed by atoms with van der Waals surface area (Å²) in [4.78, 5) is 0. The van der Waals surface area contributed by atoms with Gasteiger partial charge in [0.25, 0.3) is 0 Å². The molecule has 2 aromatic heterocycles. The van der Waals surface area contributed by atoms with Crippen LogP contribution in [0.1, 0.15) is 49.2 Å². The lowest BCUT2D eigenvalue weighted by molar-refractivity contribution is 0.318. The first-order chi connectivity index (χ1) is 25.2. The summed E-state index contributed by atoms with van der Waals surface area (Å²) in [6.07, 6.45) is 1.60. The van der Waals surface area contributed by atoms with E-state index in [0.717, 1.165) is 35.1 Å². The van der Waals surface area contributed by atoms with Crippen molar-refractivity contribution in [3.63, 3.8) is 0 Å². The third-order valence-electron chi connectivity index (χ3n) is 8.35. The molecule has 0 saturated heterocycles. The number of aromatic hydroxyl groups is 2. The average Bonchev–Trinajstić information content (AvgIpc) is 3.61. The van der Waals surface area contributed by atoms with Crippen LogP contribution in [-0.4, -0.2) is 43.0 Å². The van der Waals surface area contributed by atoms with Crippen LogP contribution in [0.2, 0.25) is 0 Å². The molecule has 52 heavy (non-hydrogen) atoms. The molecular weight excluding hydrogens is 656 g/mol. The summed E-state index contributed by atoms with van der Waals surface area (Å²) >= 11 is 0. The van der Waals surface area contributed by atoms with Gasteiger partial charge in [0.2, 0.25) is 11.8 Å². The highest BCUT2D eigenvalue weighted by Gasteiger charge is 2.20. The van der Waals surface area contributed by atoms with Gasteiger partial charge in [-0.3, -0.25) is 0 Å². The van der Waals surface area contributed by atoms with Gasteiger partial charge in [-0.2, -0.15) is 19.6 Å². The Morgan fingerprint density at radius 3 is 1.31 bits per heavy atom. The standard InChI is InChI=1S/C40H42N8O4/c1-7-19-51-35-23-31(25(3)21-33(35)41-43-37-27(5)45-47(39(37)49)29-15-11-9-12-16-29)32-24-36(52-20-8-2)34(22-26(32)4)42-44-38-28(6)46-48(40(38)50)30-17-13-10-14-18-30/h9-18,21-24,49-50H,7-8,19-20H2,1-6H3. The van der Waals surface area contributed by atoms with Gasteiger partial charge in [0.1, 0.15) is 22.9 Å². The number of hydrogen-bond donors (Lipinski definition) is 2. The Morgan fingerprint density at radius 1 is 0.558 bits per heavy atom. The number of aryl methyl sites for hydroxylation is 4. The largest absolute Gasteiger partial charge is 0.492 e. The van der Waals surface area contributed by atoms with Gasteiger partial charge in [0.15, 0.2) is 11.4 Å². The number of para-hydroxylation sites is 2. The number of hydrogen-bond acceptors (Lipinski definition) is 10. The Labute approximate surface area is 302 Å². The Bertz CT molecular complexity index is 2080. The topological polar surface area (TPSA) is 144 Å². The second-order valence-electron chi connectivity index (χ2n) is 12.4. The molecular formula is C40H42N8O4. The van der Waals surface area contributed by atoms with Gasteiger partial charge < -0.3 is 19.7 Å². The monoisotopic (exact) mass is 698 g/mol. The van der Waals surface area contributed by atoms with Crippen molar-refractivity contribution < 1.29 is 19.7 Å². The van der Waals surface area contributed by atoms with Gasteiger partial charge in [0.05, 0.1) is 36.0 Å². The van der Waals surface area contributed by atoms with E-state index < -0.39 is 0 Å². The van der Waals surface area contributed by atoms with Crippen LogP contribution >= 0.6 is 0 Å². The van der Waals surface area contributed by atoms with Crippen molar-refractivity contribution in [3.05, 3.63) is 107 Å². The maximum Gasteiger partial charge on any atom is 0.243 e. The SMILES string of the molecule is CCCOc1cc(-c2cc(OCCC)c(N=Nc3c(C)nn(-c4ccccc4)c3O)cc2C)c(C)cc1N=Nc1c(C)nn(-c2ccccc2)c1O. The number of rotatable bonds is 13. The van der Waals surface area contributed by atoms with E-state index >= 15 is 0 Å². The summed E-state index contributed by atoms with van der Waals surface area (Å²) in [6.45, 7) is 12.6. The molecule has 6 rings (SSSR count). The minimum absolute atomic E-state index is 0.0975. The molecule has 0 atom stereocenters. The molecule has 2 N–H and O–H groups in total. The smallest absolute Gasteiger partial charge is 0.243 e.